The zero-order valence-electron chi connectivity index (χ0n) is 11.6. The van der Waals surface area contributed by atoms with Crippen LogP contribution < -0.4 is 5.32 Å². The van der Waals surface area contributed by atoms with Gasteiger partial charge in [0, 0.05) is 18.6 Å². The fraction of sp³-hybridized carbons (Fsp3) is 0.600. The Labute approximate surface area is 106 Å². The topological polar surface area (TPSA) is 15.3 Å². The number of benzene rings is 1. The van der Waals surface area contributed by atoms with Crippen LogP contribution in [0.4, 0.5) is 0 Å². The highest BCUT2D eigenvalue weighted by Crippen LogP contribution is 2.20. The molecular formula is C15H26N2. The first-order valence-electron chi connectivity index (χ1n) is 6.64. The molecule has 0 aliphatic rings. The maximum absolute atomic E-state index is 3.53. The number of rotatable bonds is 7. The van der Waals surface area contributed by atoms with Gasteiger partial charge in [0.25, 0.3) is 0 Å². The molecule has 17 heavy (non-hydrogen) atoms. The summed E-state index contributed by atoms with van der Waals surface area (Å²) >= 11 is 0. The molecule has 0 aliphatic heterocycles. The van der Waals surface area contributed by atoms with Crippen LogP contribution >= 0.6 is 0 Å². The molecule has 1 N–H and O–H groups in total. The van der Waals surface area contributed by atoms with Crippen molar-refractivity contribution < 1.29 is 0 Å². The number of hydrogen-bond donors (Lipinski definition) is 1. The Morgan fingerprint density at radius 3 is 2.35 bits per heavy atom. The summed E-state index contributed by atoms with van der Waals surface area (Å²) in [5, 5.41) is 3.53. The Hall–Kier alpha value is -0.860. The van der Waals surface area contributed by atoms with E-state index in [0.717, 1.165) is 13.1 Å². The van der Waals surface area contributed by atoms with Gasteiger partial charge in [0.05, 0.1) is 0 Å². The standard InChI is InChI=1S/C15H26N2/c1-5-11-16-12-15(17(4)13(2)3)14-9-7-6-8-10-14/h6-10,13,15-16H,5,11-12H2,1-4H3. The second-order valence-electron chi connectivity index (χ2n) is 4.89. The lowest BCUT2D eigenvalue weighted by molar-refractivity contribution is 0.192. The maximum atomic E-state index is 3.53. The van der Waals surface area contributed by atoms with Crippen molar-refractivity contribution in [3.05, 3.63) is 35.9 Å². The smallest absolute Gasteiger partial charge is 0.0472 e. The normalized spacial score (nSPS) is 13.3. The fourth-order valence-corrected chi connectivity index (χ4v) is 1.95. The summed E-state index contributed by atoms with van der Waals surface area (Å²) in [6.07, 6.45) is 1.19. The van der Waals surface area contributed by atoms with Gasteiger partial charge < -0.3 is 5.32 Å². The van der Waals surface area contributed by atoms with Crippen LogP contribution in [0.2, 0.25) is 0 Å². The van der Waals surface area contributed by atoms with E-state index in [4.69, 9.17) is 0 Å². The van der Waals surface area contributed by atoms with Gasteiger partial charge in [-0.3, -0.25) is 4.90 Å². The Morgan fingerprint density at radius 1 is 1.18 bits per heavy atom. The van der Waals surface area contributed by atoms with Gasteiger partial charge >= 0.3 is 0 Å². The molecule has 0 spiro atoms. The van der Waals surface area contributed by atoms with Crippen LogP contribution in [-0.4, -0.2) is 31.1 Å². The highest BCUT2D eigenvalue weighted by Gasteiger charge is 2.18. The minimum Gasteiger partial charge on any atom is -0.315 e. The number of hydrogen-bond acceptors (Lipinski definition) is 2. The van der Waals surface area contributed by atoms with Crippen LogP contribution in [0.3, 0.4) is 0 Å². The zero-order chi connectivity index (χ0) is 12.7. The van der Waals surface area contributed by atoms with Gasteiger partial charge in [0.15, 0.2) is 0 Å². The van der Waals surface area contributed by atoms with Crippen molar-refractivity contribution in [1.29, 1.82) is 0 Å². The van der Waals surface area contributed by atoms with Crippen molar-refractivity contribution in [3.63, 3.8) is 0 Å². The zero-order valence-corrected chi connectivity index (χ0v) is 11.6. The minimum atomic E-state index is 0.461. The molecule has 0 fully saturated rings. The van der Waals surface area contributed by atoms with E-state index in [1.165, 1.54) is 12.0 Å². The van der Waals surface area contributed by atoms with Gasteiger partial charge in [-0.25, -0.2) is 0 Å². The van der Waals surface area contributed by atoms with Crippen molar-refractivity contribution in [1.82, 2.24) is 10.2 Å². The van der Waals surface area contributed by atoms with Gasteiger partial charge in [0.2, 0.25) is 0 Å². The van der Waals surface area contributed by atoms with Crippen molar-refractivity contribution in [2.45, 2.75) is 39.3 Å². The van der Waals surface area contributed by atoms with E-state index in [1.807, 2.05) is 0 Å². The third kappa shape index (κ3) is 4.49. The Balaban J connectivity index is 2.72. The van der Waals surface area contributed by atoms with E-state index in [1.54, 1.807) is 0 Å². The maximum Gasteiger partial charge on any atom is 0.0472 e. The predicted octanol–water partition coefficient (Wildman–Crippen LogP) is 3.07. The van der Waals surface area contributed by atoms with Crippen molar-refractivity contribution in [2.75, 3.05) is 20.1 Å². The summed E-state index contributed by atoms with van der Waals surface area (Å²) in [6.45, 7) is 8.81. The molecule has 0 radical (unpaired) electrons. The lowest BCUT2D eigenvalue weighted by Gasteiger charge is -2.32. The summed E-state index contributed by atoms with van der Waals surface area (Å²) < 4.78 is 0. The lowest BCUT2D eigenvalue weighted by atomic mass is 10.0. The second kappa shape index (κ2) is 7.46. The molecule has 1 aromatic rings. The van der Waals surface area contributed by atoms with Crippen molar-refractivity contribution >= 4 is 0 Å². The van der Waals surface area contributed by atoms with Crippen molar-refractivity contribution in [3.8, 4) is 0 Å². The third-order valence-electron chi connectivity index (χ3n) is 3.25. The minimum absolute atomic E-state index is 0.461. The molecule has 0 aliphatic carbocycles. The highest BCUT2D eigenvalue weighted by atomic mass is 15.2. The molecule has 0 amide bonds. The molecule has 2 heteroatoms. The highest BCUT2D eigenvalue weighted by molar-refractivity contribution is 5.19. The average Bonchev–Trinajstić information content (AvgIpc) is 2.35. The molecule has 1 rings (SSSR count). The molecule has 1 atom stereocenters. The summed E-state index contributed by atoms with van der Waals surface area (Å²) in [5.74, 6) is 0. The van der Waals surface area contributed by atoms with E-state index in [-0.39, 0.29) is 0 Å². The van der Waals surface area contributed by atoms with Crippen LogP contribution in [0, 0.1) is 0 Å². The van der Waals surface area contributed by atoms with Gasteiger partial charge in [-0.1, -0.05) is 37.3 Å². The van der Waals surface area contributed by atoms with Gasteiger partial charge in [-0.05, 0) is 39.4 Å². The van der Waals surface area contributed by atoms with Crippen LogP contribution in [0.1, 0.15) is 38.8 Å². The van der Waals surface area contributed by atoms with Crippen LogP contribution in [0.25, 0.3) is 0 Å². The molecule has 2 nitrogen and oxygen atoms in total. The first-order valence-corrected chi connectivity index (χ1v) is 6.64. The van der Waals surface area contributed by atoms with E-state index >= 15 is 0 Å². The van der Waals surface area contributed by atoms with E-state index in [2.05, 4.69) is 68.4 Å². The molecule has 0 heterocycles. The summed E-state index contributed by atoms with van der Waals surface area (Å²) in [5.41, 5.74) is 1.40. The monoisotopic (exact) mass is 234 g/mol. The Bertz CT molecular complexity index is 295. The SMILES string of the molecule is CCCNCC(c1ccccc1)N(C)C(C)C. The van der Waals surface area contributed by atoms with Gasteiger partial charge in [-0.2, -0.15) is 0 Å². The van der Waals surface area contributed by atoms with Gasteiger partial charge in [-0.15, -0.1) is 0 Å². The van der Waals surface area contributed by atoms with E-state index < -0.39 is 0 Å². The molecule has 0 saturated heterocycles. The Kier molecular flexibility index (Phi) is 6.23. The molecule has 0 bridgehead atoms. The summed E-state index contributed by atoms with van der Waals surface area (Å²) in [4.78, 5) is 2.43. The molecule has 0 aromatic heterocycles. The van der Waals surface area contributed by atoms with E-state index in [9.17, 15) is 0 Å². The average molecular weight is 234 g/mol. The third-order valence-corrected chi connectivity index (χ3v) is 3.25. The van der Waals surface area contributed by atoms with Crippen LogP contribution in [0.5, 0.6) is 0 Å². The summed E-state index contributed by atoms with van der Waals surface area (Å²) in [6, 6.07) is 11.8. The molecule has 1 aromatic carbocycles. The Morgan fingerprint density at radius 2 is 1.82 bits per heavy atom. The van der Waals surface area contributed by atoms with E-state index in [0.29, 0.717) is 12.1 Å². The van der Waals surface area contributed by atoms with Crippen LogP contribution in [0.15, 0.2) is 30.3 Å². The first kappa shape index (κ1) is 14.2. The molecular weight excluding hydrogens is 208 g/mol. The summed E-state index contributed by atoms with van der Waals surface area (Å²) in [7, 11) is 2.20. The lowest BCUT2D eigenvalue weighted by Crippen LogP contribution is -2.37. The van der Waals surface area contributed by atoms with Gasteiger partial charge in [0.1, 0.15) is 0 Å². The molecule has 0 saturated carbocycles. The number of likely N-dealkylation sites (N-methyl/N-ethyl adjacent to an activating group) is 1. The van der Waals surface area contributed by atoms with Crippen molar-refractivity contribution in [2.24, 2.45) is 0 Å². The van der Waals surface area contributed by atoms with Crippen LogP contribution in [-0.2, 0) is 0 Å². The quantitative estimate of drug-likeness (QED) is 0.729. The number of nitrogens with one attached hydrogen (secondary N) is 1. The second-order valence-corrected chi connectivity index (χ2v) is 4.89. The fourth-order valence-electron chi connectivity index (χ4n) is 1.95. The predicted molar refractivity (Wildman–Crippen MR) is 75.2 cm³/mol. The molecule has 1 unspecified atom stereocenters. The molecule has 96 valence electrons. The largest absolute Gasteiger partial charge is 0.315 e. The number of nitrogens with zero attached hydrogens (tertiary/aromatic N) is 1. The first-order chi connectivity index (χ1) is 8.16.